The van der Waals surface area contributed by atoms with Crippen molar-refractivity contribution in [1.82, 2.24) is 25.2 Å². The molecule has 4 amide bonds. The molecule has 3 aliphatic heterocycles. The summed E-state index contributed by atoms with van der Waals surface area (Å²) in [5.41, 5.74) is -3.68. The summed E-state index contributed by atoms with van der Waals surface area (Å²) in [6, 6.07) is 2.59. The number of carbonyl (C=O) groups is 4. The summed E-state index contributed by atoms with van der Waals surface area (Å²) in [4.78, 5) is 62.6. The Hall–Kier alpha value is -4.81. The number of methoxy groups -OCH3 is 1. The first-order valence-corrected chi connectivity index (χ1v) is 22.3. The summed E-state index contributed by atoms with van der Waals surface area (Å²) in [6.07, 6.45) is 0.0393. The van der Waals surface area contributed by atoms with E-state index < -0.39 is 85.9 Å². The van der Waals surface area contributed by atoms with E-state index in [9.17, 15) is 40.8 Å². The molecule has 340 valence electrons. The summed E-state index contributed by atoms with van der Waals surface area (Å²) in [5.74, 6) is -2.60. The normalized spacial score (nSPS) is 29.6. The topological polar surface area (TPSA) is 192 Å². The molecule has 0 radical (unpaired) electrons. The Labute approximate surface area is 357 Å². The highest BCUT2D eigenvalue weighted by molar-refractivity contribution is 7.91. The Morgan fingerprint density at radius 1 is 1.11 bits per heavy atom. The number of alkyl carbamates (subject to hydrolysis) is 1. The number of fused-ring (bicyclic) bond motifs is 5. The van der Waals surface area contributed by atoms with E-state index in [0.717, 1.165) is 17.4 Å². The SMILES string of the molecule is COc1ccc2c(O[C@@H]3C[C@H]4C(=O)N[C@]5(C(=O)NS(=O)(=O)C6(C)CC6)C[C@H]5/C=C\CC[C@@H](C)C[C@@H](C)C(NC(=O)OC(C)(C)C(F)(F)F)C(=O)N4C3)nc3c(c2c1)CCCO3.[HH].[HH].[HH]. The number of halogens is 3. The average molecular weight is 884 g/mol. The maximum Gasteiger partial charge on any atom is 0.427 e. The molecule has 1 aromatic heterocycles. The van der Waals surface area contributed by atoms with Crippen LogP contribution in [0.15, 0.2) is 30.4 Å². The Morgan fingerprint density at radius 2 is 1.85 bits per heavy atom. The zero-order chi connectivity index (χ0) is 44.3. The highest BCUT2D eigenvalue weighted by atomic mass is 32.2. The summed E-state index contributed by atoms with van der Waals surface area (Å²) >= 11 is 0. The smallest absolute Gasteiger partial charge is 0.427 e. The second-order valence-electron chi connectivity index (χ2n) is 18.0. The number of nitrogens with one attached hydrogen (secondary N) is 3. The van der Waals surface area contributed by atoms with Crippen LogP contribution in [0, 0.1) is 17.8 Å². The van der Waals surface area contributed by atoms with Gasteiger partial charge >= 0.3 is 12.3 Å². The van der Waals surface area contributed by atoms with E-state index in [4.69, 9.17) is 23.9 Å². The van der Waals surface area contributed by atoms with E-state index in [1.54, 1.807) is 32.2 Å². The fourth-order valence-electron chi connectivity index (χ4n) is 8.49. The lowest BCUT2D eigenvalue weighted by atomic mass is 9.88. The molecule has 7 atom stereocenters. The van der Waals surface area contributed by atoms with Gasteiger partial charge in [0, 0.05) is 27.6 Å². The molecule has 2 aliphatic carbocycles. The second kappa shape index (κ2) is 16.1. The lowest BCUT2D eigenvalue weighted by molar-refractivity contribution is -0.244. The van der Waals surface area contributed by atoms with Crippen LogP contribution in [0.3, 0.4) is 0 Å². The van der Waals surface area contributed by atoms with E-state index in [1.165, 1.54) is 11.8 Å². The lowest BCUT2D eigenvalue weighted by Gasteiger charge is -2.34. The van der Waals surface area contributed by atoms with Gasteiger partial charge in [0.1, 0.15) is 29.5 Å². The molecule has 19 heteroatoms. The van der Waals surface area contributed by atoms with Crippen LogP contribution in [0.25, 0.3) is 10.8 Å². The number of nitrogens with zero attached hydrogens (tertiary/aromatic N) is 2. The van der Waals surface area contributed by atoms with Gasteiger partial charge in [-0.1, -0.05) is 26.0 Å². The number of pyridine rings is 1. The van der Waals surface area contributed by atoms with Crippen LogP contribution in [-0.4, -0.2) is 103 Å². The van der Waals surface area contributed by atoms with Crippen molar-refractivity contribution >= 4 is 44.6 Å². The Balaban J connectivity index is 0.00000299. The number of alkyl halides is 3. The molecule has 0 bridgehead atoms. The maximum absolute atomic E-state index is 14.9. The number of aryl methyl sites for hydroxylation is 1. The van der Waals surface area contributed by atoms with Crippen LogP contribution in [0.4, 0.5) is 18.0 Å². The van der Waals surface area contributed by atoms with Gasteiger partial charge in [0.2, 0.25) is 39.2 Å². The fraction of sp³-hybridized carbons (Fsp3) is 0.643. The van der Waals surface area contributed by atoms with Gasteiger partial charge in [-0.2, -0.15) is 18.2 Å². The van der Waals surface area contributed by atoms with E-state index >= 15 is 0 Å². The van der Waals surface area contributed by atoms with Crippen molar-refractivity contribution in [3.8, 4) is 17.5 Å². The van der Waals surface area contributed by atoms with Crippen molar-refractivity contribution in [1.29, 1.82) is 0 Å². The van der Waals surface area contributed by atoms with Gasteiger partial charge in [0.05, 0.1) is 25.0 Å². The maximum atomic E-state index is 14.9. The van der Waals surface area contributed by atoms with Crippen LogP contribution in [0.1, 0.15) is 95.8 Å². The predicted molar refractivity (Wildman–Crippen MR) is 222 cm³/mol. The quantitative estimate of drug-likeness (QED) is 0.265. The third-order valence-electron chi connectivity index (χ3n) is 12.9. The first-order chi connectivity index (χ1) is 28.6. The van der Waals surface area contributed by atoms with E-state index in [-0.39, 0.29) is 35.5 Å². The van der Waals surface area contributed by atoms with Gasteiger partial charge in [0.25, 0.3) is 5.91 Å². The first kappa shape index (κ1) is 44.3. The number of amides is 4. The van der Waals surface area contributed by atoms with Crippen molar-refractivity contribution in [3.63, 3.8) is 0 Å². The minimum absolute atomic E-state index is 0. The number of sulfonamides is 1. The number of hydrogen-bond donors (Lipinski definition) is 3. The highest BCUT2D eigenvalue weighted by Crippen LogP contribution is 2.48. The number of allylic oxidation sites excluding steroid dienone is 1. The largest absolute Gasteiger partial charge is 0.497 e. The van der Waals surface area contributed by atoms with Gasteiger partial charge in [-0.25, -0.2) is 13.2 Å². The Morgan fingerprint density at radius 3 is 2.54 bits per heavy atom. The zero-order valence-corrected chi connectivity index (χ0v) is 36.0. The number of benzene rings is 1. The molecule has 1 unspecified atom stereocenters. The van der Waals surface area contributed by atoms with Crippen LogP contribution in [0.5, 0.6) is 17.5 Å². The summed E-state index contributed by atoms with van der Waals surface area (Å²) in [7, 11) is -2.54. The molecular weight excluding hydrogens is 824 g/mol. The Bertz CT molecular complexity index is 2250. The minimum atomic E-state index is -4.92. The molecule has 3 N–H and O–H groups in total. The molecule has 61 heavy (non-hydrogen) atoms. The number of aromatic nitrogens is 1. The van der Waals surface area contributed by atoms with Crippen LogP contribution >= 0.6 is 0 Å². The molecule has 4 heterocycles. The predicted octanol–water partition coefficient (Wildman–Crippen LogP) is 5.98. The van der Waals surface area contributed by atoms with E-state index in [1.807, 2.05) is 19.1 Å². The van der Waals surface area contributed by atoms with Crippen molar-refractivity contribution in [2.45, 2.75) is 133 Å². The highest BCUT2D eigenvalue weighted by Gasteiger charge is 2.63. The fourth-order valence-corrected chi connectivity index (χ4v) is 9.80. The van der Waals surface area contributed by atoms with Crippen molar-refractivity contribution in [2.24, 2.45) is 17.8 Å². The molecule has 7 rings (SSSR count). The molecule has 2 aromatic rings. The van der Waals surface area contributed by atoms with Gasteiger partial charge < -0.3 is 34.5 Å². The third-order valence-corrected chi connectivity index (χ3v) is 15.0. The van der Waals surface area contributed by atoms with Gasteiger partial charge in [0.15, 0.2) is 0 Å². The summed E-state index contributed by atoms with van der Waals surface area (Å²) in [5, 5.41) is 6.61. The van der Waals surface area contributed by atoms with Crippen molar-refractivity contribution in [3.05, 3.63) is 35.9 Å². The molecule has 2 saturated carbocycles. The van der Waals surface area contributed by atoms with Gasteiger partial charge in [-0.05, 0) is 108 Å². The van der Waals surface area contributed by atoms with Gasteiger partial charge in [-0.15, -0.1) is 0 Å². The molecule has 15 nitrogen and oxygen atoms in total. The number of carbonyl (C=O) groups excluding carboxylic acids is 4. The number of ether oxygens (including phenoxy) is 4. The van der Waals surface area contributed by atoms with Crippen molar-refractivity contribution in [2.75, 3.05) is 20.3 Å². The first-order valence-electron chi connectivity index (χ1n) is 20.8. The summed E-state index contributed by atoms with van der Waals surface area (Å²) < 4.78 is 91.8. The standard InChI is InChI=1S/C42H54F3N5O10S.3H2/c1-23-10-7-8-11-25-21-41(25,37(53)49-61(55,56)40(5)15-16-40)48-33(51)31-20-27(59-35-29-14-13-26(57-6)19-30(29)28-12-9-17-58-34(28)47-35)22-50(31)36(52)32(24(2)18-23)46-38(54)60-39(3,4)42(43,44)45;;;/h8,11,13-14,19,23-25,27,31-32H,7,9-10,12,15-18,20-22H2,1-6H3,(H,46,54)(H,48,51)(H,49,53);3*1H/b11-8-;;;/t23-,24-,25-,27-,31+,32?,41-;;;/m1.../s1. The molecule has 3 fully saturated rings. The third kappa shape index (κ3) is 8.80. The average Bonchev–Trinajstić information content (AvgIpc) is 4.07. The molecule has 5 aliphatic rings. The van der Waals surface area contributed by atoms with Crippen LogP contribution < -0.4 is 29.6 Å². The number of rotatable bonds is 8. The Kier molecular flexibility index (Phi) is 11.7. The molecular formula is C42H60F3N5O10S. The van der Waals surface area contributed by atoms with E-state index in [0.29, 0.717) is 76.0 Å². The van der Waals surface area contributed by atoms with Crippen LogP contribution in [-0.2, 0) is 35.6 Å². The lowest BCUT2D eigenvalue weighted by Crippen LogP contribution is -2.59. The molecule has 0 spiro atoms. The van der Waals surface area contributed by atoms with Gasteiger partial charge in [-0.3, -0.25) is 19.1 Å². The molecule has 1 aromatic carbocycles. The minimum Gasteiger partial charge on any atom is -0.497 e. The molecule has 1 saturated heterocycles. The second-order valence-corrected chi connectivity index (χ2v) is 20.2. The van der Waals surface area contributed by atoms with Crippen LogP contribution in [0.2, 0.25) is 0 Å². The summed E-state index contributed by atoms with van der Waals surface area (Å²) in [6.45, 7) is 6.76. The van der Waals surface area contributed by atoms with E-state index in [2.05, 4.69) is 15.4 Å². The zero-order valence-electron chi connectivity index (χ0n) is 35.1. The monoisotopic (exact) mass is 883 g/mol. The number of hydrogen-bond acceptors (Lipinski definition) is 11. The van der Waals surface area contributed by atoms with Crippen molar-refractivity contribution < 1.29 is 64.0 Å².